The molecule has 1 aliphatic heterocycles. The lowest BCUT2D eigenvalue weighted by atomic mass is 9.83. The largest absolute Gasteiger partial charge is 0.380 e. The maximum absolute atomic E-state index is 14.4. The summed E-state index contributed by atoms with van der Waals surface area (Å²) in [5.74, 6) is -3.09. The van der Waals surface area contributed by atoms with Crippen LogP contribution in [0, 0.1) is 41.3 Å². The van der Waals surface area contributed by atoms with Gasteiger partial charge < -0.3 is 24.0 Å². The molecule has 0 aromatic heterocycles. The second-order valence-electron chi connectivity index (χ2n) is 16.6. The summed E-state index contributed by atoms with van der Waals surface area (Å²) in [7, 11) is 10.2. The van der Waals surface area contributed by atoms with Gasteiger partial charge in [-0.2, -0.15) is 0 Å². The zero-order chi connectivity index (χ0) is 41.9. The number of hydrogen-bond donors (Lipinski definition) is 0. The highest BCUT2D eigenvalue weighted by molar-refractivity contribution is 6.00. The summed E-state index contributed by atoms with van der Waals surface area (Å²) in [4.78, 5) is 74.3. The molecule has 0 N–H and O–H groups in total. The van der Waals surface area contributed by atoms with Gasteiger partial charge in [0.05, 0.1) is 42.9 Å². The molecule has 2 amide bonds. The van der Waals surface area contributed by atoms with Crippen LogP contribution in [0.2, 0.25) is 0 Å². The van der Waals surface area contributed by atoms with Crippen molar-refractivity contribution in [2.75, 3.05) is 49.0 Å². The van der Waals surface area contributed by atoms with Crippen LogP contribution >= 0.6 is 0 Å². The second-order valence-corrected chi connectivity index (χ2v) is 16.6. The molecular weight excluding hydrogens is 705 g/mol. The summed E-state index contributed by atoms with van der Waals surface area (Å²) >= 11 is 0. The van der Waals surface area contributed by atoms with E-state index in [0.717, 1.165) is 6.42 Å². The van der Waals surface area contributed by atoms with E-state index in [-0.39, 0.29) is 78.3 Å². The minimum Gasteiger partial charge on any atom is -0.380 e. The third-order valence-corrected chi connectivity index (χ3v) is 11.8. The van der Waals surface area contributed by atoms with Gasteiger partial charge >= 0.3 is 0 Å². The zero-order valence-corrected chi connectivity index (χ0v) is 36.0. The van der Waals surface area contributed by atoms with Crippen molar-refractivity contribution in [3.8, 4) is 0 Å². The number of nitrogens with zero attached hydrogens (tertiary/aromatic N) is 3. The fraction of sp³-hybridized carbons (Fsp3) is 0.744. The third-order valence-electron chi connectivity index (χ3n) is 11.8. The van der Waals surface area contributed by atoms with E-state index in [1.54, 1.807) is 44.9 Å². The highest BCUT2D eigenvalue weighted by atomic mass is 19.1. The molecule has 10 atom stereocenters. The molecule has 0 bridgehead atoms. The Morgan fingerprint density at radius 2 is 1.44 bits per heavy atom. The number of ether oxygens (including phenoxy) is 3. The molecule has 1 unspecified atom stereocenters. The maximum atomic E-state index is 14.4. The molecule has 1 heterocycles. The number of Topliss-reactive ketones (excluding diaryl/α,β-unsaturated/α-hetero) is 3. The molecular formula is C43H70FN3O8. The Kier molecular flexibility index (Phi) is 19.3. The van der Waals surface area contributed by atoms with E-state index in [1.807, 2.05) is 60.5 Å². The molecule has 55 heavy (non-hydrogen) atoms. The first-order chi connectivity index (χ1) is 25.7. The second kappa shape index (κ2) is 22.0. The number of likely N-dealkylation sites (tertiary alicyclic amines) is 1. The molecule has 12 heteroatoms. The van der Waals surface area contributed by atoms with Gasteiger partial charge in [0.1, 0.15) is 11.6 Å². The lowest BCUT2D eigenvalue weighted by Gasteiger charge is -2.41. The van der Waals surface area contributed by atoms with Gasteiger partial charge in [-0.3, -0.25) is 28.9 Å². The molecule has 0 aliphatic carbocycles. The summed E-state index contributed by atoms with van der Waals surface area (Å²) in [5.41, 5.74) is 0.334. The van der Waals surface area contributed by atoms with Gasteiger partial charge in [-0.05, 0) is 62.5 Å². The first-order valence-corrected chi connectivity index (χ1v) is 19.9. The van der Waals surface area contributed by atoms with Crippen LogP contribution in [-0.4, -0.2) is 129 Å². The van der Waals surface area contributed by atoms with Crippen molar-refractivity contribution >= 4 is 29.2 Å². The quantitative estimate of drug-likeness (QED) is 0.124. The van der Waals surface area contributed by atoms with Gasteiger partial charge in [-0.25, -0.2) is 4.39 Å². The average Bonchev–Trinajstić information content (AvgIpc) is 3.57. The lowest BCUT2D eigenvalue weighted by molar-refractivity contribution is -0.149. The zero-order valence-electron chi connectivity index (χ0n) is 36.0. The number of ketones is 3. The average molecular weight is 776 g/mol. The molecule has 1 fully saturated rings. The van der Waals surface area contributed by atoms with Gasteiger partial charge in [0.2, 0.25) is 11.8 Å². The number of methoxy groups -OCH3 is 3. The SMILES string of the molecule is CC[C@H](C)[C@@H]([C@@H](CC(=O)N1C[C@H](OC)CC1[C@H](OC)[C@@H](C)C(=O)C[C@@H](C)C(=O)c1ccc(F)cc1)OC)N(C)C(=O)[C@@H](CC(=O)[C@H](C(C)C)N(C)C)C(C)C. The molecule has 0 radical (unpaired) electrons. The Bertz CT molecular complexity index is 1410. The highest BCUT2D eigenvalue weighted by Crippen LogP contribution is 2.32. The number of carbonyl (C=O) groups excluding carboxylic acids is 5. The number of hydrogen-bond acceptors (Lipinski definition) is 9. The predicted molar refractivity (Wildman–Crippen MR) is 212 cm³/mol. The molecule has 1 aliphatic rings. The summed E-state index contributed by atoms with van der Waals surface area (Å²) in [6, 6.07) is 4.01. The van der Waals surface area contributed by atoms with Crippen molar-refractivity contribution in [2.24, 2.45) is 35.5 Å². The van der Waals surface area contributed by atoms with E-state index in [4.69, 9.17) is 14.2 Å². The molecule has 312 valence electrons. The van der Waals surface area contributed by atoms with E-state index >= 15 is 0 Å². The Balaban J connectivity index is 2.33. The highest BCUT2D eigenvalue weighted by Gasteiger charge is 2.46. The van der Waals surface area contributed by atoms with Crippen LogP contribution in [0.5, 0.6) is 0 Å². The van der Waals surface area contributed by atoms with Gasteiger partial charge in [-0.1, -0.05) is 61.8 Å². The van der Waals surface area contributed by atoms with Crippen molar-refractivity contribution < 1.29 is 42.6 Å². The Morgan fingerprint density at radius 1 is 0.836 bits per heavy atom. The van der Waals surface area contributed by atoms with Crippen LogP contribution in [0.15, 0.2) is 24.3 Å². The number of amides is 2. The summed E-state index contributed by atoms with van der Waals surface area (Å²) in [6.45, 7) is 15.7. The van der Waals surface area contributed by atoms with Crippen LogP contribution in [0.4, 0.5) is 4.39 Å². The van der Waals surface area contributed by atoms with Gasteiger partial charge in [0, 0.05) is 71.1 Å². The van der Waals surface area contributed by atoms with Gasteiger partial charge in [0.15, 0.2) is 11.6 Å². The monoisotopic (exact) mass is 776 g/mol. The van der Waals surface area contributed by atoms with Crippen molar-refractivity contribution in [1.29, 1.82) is 0 Å². The predicted octanol–water partition coefficient (Wildman–Crippen LogP) is 5.97. The molecule has 1 saturated heterocycles. The Morgan fingerprint density at radius 3 is 1.91 bits per heavy atom. The number of halogens is 1. The minimum atomic E-state index is -0.679. The van der Waals surface area contributed by atoms with Crippen LogP contribution < -0.4 is 0 Å². The topological polar surface area (TPSA) is 123 Å². The minimum absolute atomic E-state index is 0.0284. The van der Waals surface area contributed by atoms with Crippen molar-refractivity contribution in [2.45, 2.75) is 124 Å². The van der Waals surface area contributed by atoms with Crippen LogP contribution in [-0.2, 0) is 33.4 Å². The number of carbonyl (C=O) groups is 5. The normalized spacial score (nSPS) is 20.5. The van der Waals surface area contributed by atoms with E-state index in [9.17, 15) is 28.4 Å². The molecule has 0 spiro atoms. The van der Waals surface area contributed by atoms with E-state index in [1.165, 1.54) is 31.4 Å². The fourth-order valence-electron chi connectivity index (χ4n) is 8.43. The summed E-state index contributed by atoms with van der Waals surface area (Å²) in [5, 5.41) is 0. The van der Waals surface area contributed by atoms with Crippen LogP contribution in [0.25, 0.3) is 0 Å². The molecule has 1 aromatic rings. The van der Waals surface area contributed by atoms with Crippen LogP contribution in [0.1, 0.15) is 97.9 Å². The molecule has 11 nitrogen and oxygen atoms in total. The fourth-order valence-corrected chi connectivity index (χ4v) is 8.43. The van der Waals surface area contributed by atoms with Gasteiger partial charge in [-0.15, -0.1) is 0 Å². The standard InChI is InChI=1S/C43H70FN3O8/c1-15-27(6)40(46(11)43(52)33(25(2)3)22-36(49)39(26(4)5)45(9)10)37(54-13)23-38(50)47-24-32(53-12)21-34(47)42(55-14)29(8)35(48)20-28(7)41(51)30-16-18-31(44)19-17-30/h16-19,25-29,32-34,37,39-40,42H,15,20-24H2,1-14H3/t27-,28+,29-,32+,33-,34?,37+,39-,40-,42+/m0/s1. The molecule has 2 rings (SSSR count). The van der Waals surface area contributed by atoms with Crippen molar-refractivity contribution in [1.82, 2.24) is 14.7 Å². The first-order valence-electron chi connectivity index (χ1n) is 19.9. The van der Waals surface area contributed by atoms with E-state index in [0.29, 0.717) is 18.5 Å². The molecule has 0 saturated carbocycles. The summed E-state index contributed by atoms with van der Waals surface area (Å²) in [6.07, 6.45) is -0.403. The molecule has 1 aromatic carbocycles. The van der Waals surface area contributed by atoms with Crippen molar-refractivity contribution in [3.63, 3.8) is 0 Å². The number of benzene rings is 1. The lowest BCUT2D eigenvalue weighted by Crippen LogP contribution is -2.54. The first kappa shape index (κ1) is 48.1. The van der Waals surface area contributed by atoms with E-state index < -0.39 is 47.9 Å². The van der Waals surface area contributed by atoms with Gasteiger partial charge in [0.25, 0.3) is 0 Å². The third kappa shape index (κ3) is 12.5. The van der Waals surface area contributed by atoms with E-state index in [2.05, 4.69) is 0 Å². The maximum Gasteiger partial charge on any atom is 0.226 e. The number of rotatable bonds is 23. The summed E-state index contributed by atoms with van der Waals surface area (Å²) < 4.78 is 31.2. The van der Waals surface area contributed by atoms with Crippen molar-refractivity contribution in [3.05, 3.63) is 35.6 Å². The van der Waals surface area contributed by atoms with Crippen LogP contribution in [0.3, 0.4) is 0 Å². The smallest absolute Gasteiger partial charge is 0.226 e. The Labute approximate surface area is 330 Å². The number of likely N-dealkylation sites (N-methyl/N-ethyl adjacent to an activating group) is 2. The Hall–Kier alpha value is -3.06.